The third-order valence-electron chi connectivity index (χ3n) is 5.81. The van der Waals surface area contributed by atoms with Crippen LogP contribution in [0.15, 0.2) is 35.7 Å². The van der Waals surface area contributed by atoms with E-state index in [2.05, 4.69) is 19.2 Å². The molecule has 0 aliphatic carbocycles. The van der Waals surface area contributed by atoms with E-state index in [9.17, 15) is 14.0 Å². The van der Waals surface area contributed by atoms with Crippen molar-refractivity contribution >= 4 is 23.3 Å². The molecule has 0 saturated heterocycles. The number of carbonyl (C=O) groups excluding carboxylic acids is 2. The molecule has 3 amide bonds. The van der Waals surface area contributed by atoms with E-state index < -0.39 is 0 Å². The molecule has 0 saturated carbocycles. The van der Waals surface area contributed by atoms with Crippen LogP contribution in [0.2, 0.25) is 0 Å². The van der Waals surface area contributed by atoms with Gasteiger partial charge in [-0.2, -0.15) is 0 Å². The molecular weight excluding hydrogens is 429 g/mol. The van der Waals surface area contributed by atoms with Gasteiger partial charge in [-0.05, 0) is 60.5 Å². The van der Waals surface area contributed by atoms with Gasteiger partial charge in [-0.25, -0.2) is 9.18 Å². The fourth-order valence-corrected chi connectivity index (χ4v) is 4.75. The van der Waals surface area contributed by atoms with Crippen molar-refractivity contribution in [3.63, 3.8) is 0 Å². The third kappa shape index (κ3) is 6.00. The fourth-order valence-electron chi connectivity index (χ4n) is 3.82. The van der Waals surface area contributed by atoms with Crippen molar-refractivity contribution in [2.45, 2.75) is 39.7 Å². The lowest BCUT2D eigenvalue weighted by molar-refractivity contribution is -0.135. The highest BCUT2D eigenvalue weighted by Gasteiger charge is 2.33. The molecule has 0 unspecified atom stereocenters. The highest BCUT2D eigenvalue weighted by Crippen LogP contribution is 2.34. The molecule has 174 valence electrons. The second-order valence-corrected chi connectivity index (χ2v) is 9.15. The van der Waals surface area contributed by atoms with Crippen molar-refractivity contribution < 1.29 is 18.7 Å². The number of benzene rings is 1. The van der Waals surface area contributed by atoms with Crippen LogP contribution in [0.1, 0.15) is 43.7 Å². The van der Waals surface area contributed by atoms with Gasteiger partial charge < -0.3 is 19.9 Å². The van der Waals surface area contributed by atoms with Gasteiger partial charge in [-0.3, -0.25) is 4.79 Å². The SMILES string of the molecule is CCNC(=O)N(CC(=O)N1CCc2sccc2[C@H]1COc1ccc(F)cc1)C[C@H](C)CC. The van der Waals surface area contributed by atoms with Crippen molar-refractivity contribution in [2.75, 3.05) is 32.8 Å². The Morgan fingerprint density at radius 3 is 2.72 bits per heavy atom. The van der Waals surface area contributed by atoms with Gasteiger partial charge >= 0.3 is 6.03 Å². The molecule has 2 atom stereocenters. The number of fused-ring (bicyclic) bond motifs is 1. The second kappa shape index (κ2) is 11.3. The first-order chi connectivity index (χ1) is 15.4. The molecular formula is C24H32FN3O3S. The highest BCUT2D eigenvalue weighted by molar-refractivity contribution is 7.10. The normalized spacial score (nSPS) is 16.2. The van der Waals surface area contributed by atoms with E-state index in [1.807, 2.05) is 23.3 Å². The number of thiophene rings is 1. The van der Waals surface area contributed by atoms with Crippen LogP contribution < -0.4 is 10.1 Å². The van der Waals surface area contributed by atoms with Crippen LogP contribution in [0.4, 0.5) is 9.18 Å². The predicted octanol–water partition coefficient (Wildman–Crippen LogP) is 4.47. The summed E-state index contributed by atoms with van der Waals surface area (Å²) in [6, 6.07) is 7.46. The number of halogens is 1. The van der Waals surface area contributed by atoms with Crippen LogP contribution in [-0.2, 0) is 11.2 Å². The Balaban J connectivity index is 1.75. The standard InChI is InChI=1S/C24H32FN3O3S/c1-4-17(3)14-27(24(30)26-5-2)15-23(29)28-12-10-22-20(11-13-32-22)21(28)16-31-19-8-6-18(25)7-9-19/h6-9,11,13,17,21H,4-5,10,12,14-16H2,1-3H3,(H,26,30)/t17-,21-/m1/s1. The lowest BCUT2D eigenvalue weighted by atomic mass is 10.00. The zero-order chi connectivity index (χ0) is 23.1. The molecule has 1 aromatic heterocycles. The second-order valence-electron chi connectivity index (χ2n) is 8.15. The Kier molecular flexibility index (Phi) is 8.50. The summed E-state index contributed by atoms with van der Waals surface area (Å²) < 4.78 is 19.1. The molecule has 2 aromatic rings. The molecule has 3 rings (SSSR count). The van der Waals surface area contributed by atoms with Crippen LogP contribution in [0.5, 0.6) is 5.75 Å². The van der Waals surface area contributed by atoms with Crippen molar-refractivity contribution in [2.24, 2.45) is 5.92 Å². The number of ether oxygens (including phenoxy) is 1. The number of urea groups is 1. The largest absolute Gasteiger partial charge is 0.491 e. The van der Waals surface area contributed by atoms with Crippen LogP contribution >= 0.6 is 11.3 Å². The third-order valence-corrected chi connectivity index (χ3v) is 6.80. The van der Waals surface area contributed by atoms with Gasteiger partial charge in [0, 0.05) is 24.5 Å². The maximum Gasteiger partial charge on any atom is 0.317 e. The first-order valence-corrected chi connectivity index (χ1v) is 12.1. The average Bonchev–Trinajstić information content (AvgIpc) is 3.27. The summed E-state index contributed by atoms with van der Waals surface area (Å²) in [7, 11) is 0. The van der Waals surface area contributed by atoms with E-state index in [1.165, 1.54) is 17.0 Å². The Hall–Kier alpha value is -2.61. The fraction of sp³-hybridized carbons (Fsp3) is 0.500. The summed E-state index contributed by atoms with van der Waals surface area (Å²) in [5.41, 5.74) is 1.09. The van der Waals surface area contributed by atoms with Crippen molar-refractivity contribution in [1.82, 2.24) is 15.1 Å². The van der Waals surface area contributed by atoms with Crippen LogP contribution in [0.3, 0.4) is 0 Å². The molecule has 1 aliphatic rings. The summed E-state index contributed by atoms with van der Waals surface area (Å²) in [4.78, 5) is 30.7. The number of rotatable bonds is 9. The molecule has 32 heavy (non-hydrogen) atoms. The van der Waals surface area contributed by atoms with Gasteiger partial charge in [0.2, 0.25) is 5.91 Å². The van der Waals surface area contributed by atoms with Crippen molar-refractivity contribution in [3.05, 3.63) is 52.0 Å². The van der Waals surface area contributed by atoms with Gasteiger partial charge in [0.15, 0.2) is 0 Å². The maximum absolute atomic E-state index is 13.4. The summed E-state index contributed by atoms with van der Waals surface area (Å²) >= 11 is 1.69. The van der Waals surface area contributed by atoms with Crippen LogP contribution in [-0.4, -0.2) is 54.5 Å². The summed E-state index contributed by atoms with van der Waals surface area (Å²) in [5.74, 6) is 0.442. The number of hydrogen-bond acceptors (Lipinski definition) is 4. The predicted molar refractivity (Wildman–Crippen MR) is 124 cm³/mol. The number of amides is 3. The smallest absolute Gasteiger partial charge is 0.317 e. The first-order valence-electron chi connectivity index (χ1n) is 11.2. The van der Waals surface area contributed by atoms with E-state index in [0.717, 1.165) is 18.4 Å². The van der Waals surface area contributed by atoms with Gasteiger partial charge in [-0.15, -0.1) is 11.3 Å². The minimum atomic E-state index is -0.321. The molecule has 1 aliphatic heterocycles. The number of nitrogens with one attached hydrogen (secondary N) is 1. The van der Waals surface area contributed by atoms with E-state index in [4.69, 9.17) is 4.74 Å². The zero-order valence-electron chi connectivity index (χ0n) is 19.0. The molecule has 6 nitrogen and oxygen atoms in total. The van der Waals surface area contributed by atoms with Crippen molar-refractivity contribution in [1.29, 1.82) is 0 Å². The van der Waals surface area contributed by atoms with E-state index >= 15 is 0 Å². The Labute approximate surface area is 193 Å². The summed E-state index contributed by atoms with van der Waals surface area (Å²) in [5, 5.41) is 4.86. The zero-order valence-corrected chi connectivity index (χ0v) is 19.8. The molecule has 1 aromatic carbocycles. The summed E-state index contributed by atoms with van der Waals surface area (Å²) in [6.07, 6.45) is 1.72. The minimum Gasteiger partial charge on any atom is -0.491 e. The first kappa shape index (κ1) is 24.0. The van der Waals surface area contributed by atoms with E-state index in [1.54, 1.807) is 28.4 Å². The molecule has 0 bridgehead atoms. The maximum atomic E-state index is 13.4. The monoisotopic (exact) mass is 461 g/mol. The molecule has 0 radical (unpaired) electrons. The van der Waals surface area contributed by atoms with Crippen LogP contribution in [0.25, 0.3) is 0 Å². The van der Waals surface area contributed by atoms with Crippen molar-refractivity contribution in [3.8, 4) is 5.75 Å². The molecule has 8 heteroatoms. The number of carbonyl (C=O) groups is 2. The molecule has 2 heterocycles. The quantitative estimate of drug-likeness (QED) is 0.599. The lowest BCUT2D eigenvalue weighted by Gasteiger charge is -2.37. The Morgan fingerprint density at radius 2 is 2.03 bits per heavy atom. The minimum absolute atomic E-state index is 0.0304. The molecule has 0 spiro atoms. The average molecular weight is 462 g/mol. The molecule has 0 fully saturated rings. The Morgan fingerprint density at radius 1 is 1.28 bits per heavy atom. The van der Waals surface area contributed by atoms with E-state index in [0.29, 0.717) is 31.3 Å². The van der Waals surface area contributed by atoms with Gasteiger partial charge in [-0.1, -0.05) is 20.3 Å². The topological polar surface area (TPSA) is 61.9 Å². The van der Waals surface area contributed by atoms with Gasteiger partial charge in [0.05, 0.1) is 6.04 Å². The highest BCUT2D eigenvalue weighted by atomic mass is 32.1. The number of nitrogens with zero attached hydrogens (tertiary/aromatic N) is 2. The van der Waals surface area contributed by atoms with Gasteiger partial charge in [0.1, 0.15) is 24.7 Å². The molecule has 1 N–H and O–H groups in total. The van der Waals surface area contributed by atoms with E-state index in [-0.39, 0.29) is 36.9 Å². The Bertz CT molecular complexity index is 902. The van der Waals surface area contributed by atoms with Crippen LogP contribution in [0, 0.1) is 11.7 Å². The number of hydrogen-bond donors (Lipinski definition) is 1. The van der Waals surface area contributed by atoms with Gasteiger partial charge in [0.25, 0.3) is 0 Å². The lowest BCUT2D eigenvalue weighted by Crippen LogP contribution is -2.50. The summed E-state index contributed by atoms with van der Waals surface area (Å²) in [6.45, 7) is 7.95.